The maximum absolute atomic E-state index is 11.7. The van der Waals surface area contributed by atoms with Gasteiger partial charge in [-0.3, -0.25) is 0 Å². The quantitative estimate of drug-likeness (QED) is 0.285. The number of aromatic nitrogens is 1. The third-order valence-corrected chi connectivity index (χ3v) is 2.31. The summed E-state index contributed by atoms with van der Waals surface area (Å²) < 4.78 is 9.59. The molecule has 1 aromatic rings. The molecule has 20 heavy (non-hydrogen) atoms. The number of esters is 2. The molecule has 0 saturated heterocycles. The highest BCUT2D eigenvalue weighted by Gasteiger charge is 2.20. The molecule has 0 bridgehead atoms. The monoisotopic (exact) mass is 298 g/mol. The fourth-order valence-electron chi connectivity index (χ4n) is 1.27. The van der Waals surface area contributed by atoms with E-state index in [9.17, 15) is 9.59 Å². The van der Waals surface area contributed by atoms with Gasteiger partial charge in [-0.25, -0.2) is 14.6 Å². The van der Waals surface area contributed by atoms with Crippen molar-refractivity contribution < 1.29 is 19.1 Å². The van der Waals surface area contributed by atoms with Crippen LogP contribution in [0.1, 0.15) is 13.8 Å². The van der Waals surface area contributed by atoms with Gasteiger partial charge in [-0.15, -0.1) is 0 Å². The van der Waals surface area contributed by atoms with Gasteiger partial charge in [0.25, 0.3) is 0 Å². The summed E-state index contributed by atoms with van der Waals surface area (Å²) in [7, 11) is 0. The first-order chi connectivity index (χ1) is 9.58. The molecule has 0 unspecified atom stereocenters. The first kappa shape index (κ1) is 16.0. The second-order valence-corrected chi connectivity index (χ2v) is 3.90. The molecule has 1 N–H and O–H groups in total. The highest BCUT2D eigenvalue weighted by molar-refractivity contribution is 6.29. The van der Waals surface area contributed by atoms with E-state index >= 15 is 0 Å². The molecule has 1 heterocycles. The molecule has 0 spiro atoms. The molecule has 0 amide bonds. The second kappa shape index (κ2) is 8.16. The van der Waals surface area contributed by atoms with Crippen LogP contribution in [0.4, 0.5) is 5.69 Å². The summed E-state index contributed by atoms with van der Waals surface area (Å²) in [6.07, 6.45) is 2.72. The normalized spacial score (nSPS) is 9.55. The van der Waals surface area contributed by atoms with Crippen molar-refractivity contribution in [1.29, 1.82) is 0 Å². The van der Waals surface area contributed by atoms with Crippen LogP contribution in [-0.4, -0.2) is 30.1 Å². The van der Waals surface area contributed by atoms with Crippen LogP contribution in [0.25, 0.3) is 0 Å². The summed E-state index contributed by atoms with van der Waals surface area (Å²) in [5, 5.41) is 3.07. The van der Waals surface area contributed by atoms with E-state index in [0.717, 1.165) is 0 Å². The Labute approximate surface area is 121 Å². The lowest BCUT2D eigenvalue weighted by molar-refractivity contribution is -0.146. The number of anilines is 1. The Morgan fingerprint density at radius 2 is 1.90 bits per heavy atom. The van der Waals surface area contributed by atoms with Crippen LogP contribution in [0.3, 0.4) is 0 Å². The topological polar surface area (TPSA) is 77.5 Å². The molecular formula is C13H15ClN2O4. The Kier molecular flexibility index (Phi) is 6.52. The van der Waals surface area contributed by atoms with Gasteiger partial charge in [0.15, 0.2) is 5.57 Å². The number of rotatable bonds is 6. The van der Waals surface area contributed by atoms with E-state index in [1.165, 1.54) is 12.4 Å². The van der Waals surface area contributed by atoms with Gasteiger partial charge in [0.1, 0.15) is 5.15 Å². The molecule has 0 aliphatic rings. The van der Waals surface area contributed by atoms with Gasteiger partial charge in [-0.05, 0) is 26.0 Å². The summed E-state index contributed by atoms with van der Waals surface area (Å²) in [5.74, 6) is -1.50. The molecular weight excluding hydrogens is 284 g/mol. The van der Waals surface area contributed by atoms with Gasteiger partial charge in [-0.2, -0.15) is 0 Å². The van der Waals surface area contributed by atoms with E-state index in [-0.39, 0.29) is 23.9 Å². The maximum Gasteiger partial charge on any atom is 0.347 e. The zero-order valence-corrected chi connectivity index (χ0v) is 11.9. The number of carbonyl (C=O) groups is 2. The van der Waals surface area contributed by atoms with E-state index in [0.29, 0.717) is 5.69 Å². The molecule has 7 heteroatoms. The van der Waals surface area contributed by atoms with E-state index in [4.69, 9.17) is 21.1 Å². The van der Waals surface area contributed by atoms with Gasteiger partial charge >= 0.3 is 11.9 Å². The fraction of sp³-hybridized carbons (Fsp3) is 0.308. The average molecular weight is 299 g/mol. The van der Waals surface area contributed by atoms with Crippen molar-refractivity contribution in [1.82, 2.24) is 4.98 Å². The minimum Gasteiger partial charge on any atom is -0.462 e. The third-order valence-electron chi connectivity index (χ3n) is 2.10. The van der Waals surface area contributed by atoms with Gasteiger partial charge in [0.05, 0.1) is 13.2 Å². The minimum atomic E-state index is -0.751. The number of hydrogen-bond donors (Lipinski definition) is 1. The summed E-state index contributed by atoms with van der Waals surface area (Å²) in [6, 6.07) is 3.18. The van der Waals surface area contributed by atoms with E-state index in [1.54, 1.807) is 26.0 Å². The molecule has 0 aliphatic carbocycles. The van der Waals surface area contributed by atoms with Crippen LogP contribution in [-0.2, 0) is 19.1 Å². The molecule has 0 saturated carbocycles. The predicted octanol–water partition coefficient (Wildman–Crippen LogP) is 2.16. The average Bonchev–Trinajstić information content (AvgIpc) is 2.39. The fourth-order valence-corrected chi connectivity index (χ4v) is 1.44. The van der Waals surface area contributed by atoms with Crippen molar-refractivity contribution >= 4 is 29.2 Å². The van der Waals surface area contributed by atoms with Crippen molar-refractivity contribution in [2.75, 3.05) is 18.5 Å². The molecule has 0 fully saturated rings. The van der Waals surface area contributed by atoms with Crippen molar-refractivity contribution in [3.05, 3.63) is 35.3 Å². The summed E-state index contributed by atoms with van der Waals surface area (Å²) in [4.78, 5) is 27.2. The lowest BCUT2D eigenvalue weighted by atomic mass is 10.3. The molecule has 108 valence electrons. The molecule has 1 aromatic heterocycles. The van der Waals surface area contributed by atoms with Crippen LogP contribution in [0.5, 0.6) is 0 Å². The number of nitrogens with zero attached hydrogens (tertiary/aromatic N) is 1. The highest BCUT2D eigenvalue weighted by Crippen LogP contribution is 2.13. The lowest BCUT2D eigenvalue weighted by Gasteiger charge is -2.07. The lowest BCUT2D eigenvalue weighted by Crippen LogP contribution is -2.19. The number of nitrogens with one attached hydrogen (secondary N) is 1. The Balaban J connectivity index is 2.89. The Morgan fingerprint density at radius 3 is 2.40 bits per heavy atom. The summed E-state index contributed by atoms with van der Waals surface area (Å²) in [6.45, 7) is 3.63. The molecule has 1 rings (SSSR count). The number of pyridine rings is 1. The number of hydrogen-bond acceptors (Lipinski definition) is 6. The number of ether oxygens (including phenoxy) is 2. The maximum atomic E-state index is 11.7. The zero-order valence-electron chi connectivity index (χ0n) is 11.2. The highest BCUT2D eigenvalue weighted by atomic mass is 35.5. The molecule has 0 aromatic carbocycles. The molecule has 0 radical (unpaired) electrons. The van der Waals surface area contributed by atoms with Gasteiger partial charge < -0.3 is 14.8 Å². The predicted molar refractivity (Wildman–Crippen MR) is 74.2 cm³/mol. The second-order valence-electron chi connectivity index (χ2n) is 3.51. The molecule has 0 aliphatic heterocycles. The largest absolute Gasteiger partial charge is 0.462 e. The van der Waals surface area contributed by atoms with E-state index in [2.05, 4.69) is 10.3 Å². The smallest absolute Gasteiger partial charge is 0.347 e. The van der Waals surface area contributed by atoms with Crippen LogP contribution in [0.15, 0.2) is 30.1 Å². The van der Waals surface area contributed by atoms with Crippen molar-refractivity contribution in [3.8, 4) is 0 Å². The first-order valence-corrected chi connectivity index (χ1v) is 6.38. The van der Waals surface area contributed by atoms with Gasteiger partial charge in [0.2, 0.25) is 0 Å². The Morgan fingerprint density at radius 1 is 1.30 bits per heavy atom. The molecule has 6 nitrogen and oxygen atoms in total. The van der Waals surface area contributed by atoms with Gasteiger partial charge in [-0.1, -0.05) is 11.6 Å². The third kappa shape index (κ3) is 4.89. The SMILES string of the molecule is CCOC(=O)C(=CNc1ccnc(Cl)c1)C(=O)OCC. The Hall–Kier alpha value is -2.08. The number of carbonyl (C=O) groups excluding carboxylic acids is 2. The van der Waals surface area contributed by atoms with Crippen molar-refractivity contribution in [2.24, 2.45) is 0 Å². The van der Waals surface area contributed by atoms with Crippen molar-refractivity contribution in [3.63, 3.8) is 0 Å². The van der Waals surface area contributed by atoms with Crippen LogP contribution in [0.2, 0.25) is 5.15 Å². The van der Waals surface area contributed by atoms with E-state index in [1.807, 2.05) is 0 Å². The minimum absolute atomic E-state index is 0.163. The van der Waals surface area contributed by atoms with Crippen molar-refractivity contribution in [2.45, 2.75) is 13.8 Å². The Bertz CT molecular complexity index is 497. The van der Waals surface area contributed by atoms with Gasteiger partial charge in [0, 0.05) is 18.1 Å². The first-order valence-electron chi connectivity index (χ1n) is 6.01. The van der Waals surface area contributed by atoms with Crippen LogP contribution in [0, 0.1) is 0 Å². The van der Waals surface area contributed by atoms with Crippen LogP contribution >= 0.6 is 11.6 Å². The summed E-state index contributed by atoms with van der Waals surface area (Å²) in [5.41, 5.74) is 0.359. The summed E-state index contributed by atoms with van der Waals surface area (Å²) >= 11 is 5.73. The molecule has 0 atom stereocenters. The van der Waals surface area contributed by atoms with E-state index < -0.39 is 11.9 Å². The zero-order chi connectivity index (χ0) is 15.0. The van der Waals surface area contributed by atoms with Crippen LogP contribution < -0.4 is 5.32 Å². The standard InChI is InChI=1S/C13H15ClN2O4/c1-3-19-12(17)10(13(18)20-4-2)8-16-9-5-6-15-11(14)7-9/h5-8H,3-4H2,1-2H3,(H,15,16). The number of halogens is 1.